The van der Waals surface area contributed by atoms with E-state index in [2.05, 4.69) is 4.98 Å². The molecule has 0 aliphatic carbocycles. The third kappa shape index (κ3) is 2.16. The summed E-state index contributed by atoms with van der Waals surface area (Å²) in [6.07, 6.45) is -1.25. The average Bonchev–Trinajstić information content (AvgIpc) is 2.76. The van der Waals surface area contributed by atoms with Crippen molar-refractivity contribution >= 4 is 0 Å². The number of hydrogen-bond donors (Lipinski definition) is 1. The molecule has 0 atom stereocenters. The Morgan fingerprint density at radius 1 is 1.06 bits per heavy atom. The van der Waals surface area contributed by atoms with Gasteiger partial charge in [-0.3, -0.25) is 0 Å². The van der Waals surface area contributed by atoms with Crippen LogP contribution in [0.2, 0.25) is 0 Å². The largest absolute Gasteiger partial charge is 0.416 e. The van der Waals surface area contributed by atoms with Gasteiger partial charge in [0.15, 0.2) is 0 Å². The second kappa shape index (κ2) is 3.98. The number of H-pyrrole nitrogens is 1. The van der Waals surface area contributed by atoms with Crippen LogP contribution in [0.25, 0.3) is 11.1 Å². The Labute approximate surface area is 95.3 Å². The van der Waals surface area contributed by atoms with Crippen molar-refractivity contribution < 1.29 is 13.2 Å². The third-order valence-corrected chi connectivity index (χ3v) is 2.39. The molecule has 2 aromatic rings. The van der Waals surface area contributed by atoms with E-state index < -0.39 is 11.7 Å². The second-order valence-electron chi connectivity index (χ2n) is 3.47. The lowest BCUT2D eigenvalue weighted by atomic mass is 10.0. The zero-order valence-electron chi connectivity index (χ0n) is 8.55. The number of nitriles is 1. The molecular formula is C12H7F3N2. The van der Waals surface area contributed by atoms with Gasteiger partial charge < -0.3 is 4.98 Å². The Balaban J connectivity index is 2.40. The van der Waals surface area contributed by atoms with Crippen molar-refractivity contribution in [3.05, 3.63) is 47.8 Å². The molecule has 17 heavy (non-hydrogen) atoms. The summed E-state index contributed by atoms with van der Waals surface area (Å²) in [6.45, 7) is 0. The predicted molar refractivity (Wildman–Crippen MR) is 55.9 cm³/mol. The summed E-state index contributed by atoms with van der Waals surface area (Å²) in [6, 6.07) is 6.68. The maximum absolute atomic E-state index is 12.3. The molecule has 2 rings (SSSR count). The summed E-state index contributed by atoms with van der Waals surface area (Å²) < 4.78 is 37.0. The predicted octanol–water partition coefficient (Wildman–Crippen LogP) is 3.57. The number of hydrogen-bond acceptors (Lipinski definition) is 1. The minimum absolute atomic E-state index is 0.407. The van der Waals surface area contributed by atoms with Crippen molar-refractivity contribution in [3.63, 3.8) is 0 Å². The molecule has 1 heterocycles. The van der Waals surface area contributed by atoms with Crippen LogP contribution < -0.4 is 0 Å². The Kier molecular flexibility index (Phi) is 2.64. The highest BCUT2D eigenvalue weighted by atomic mass is 19.4. The summed E-state index contributed by atoms with van der Waals surface area (Å²) in [5.41, 5.74) is 0.886. The van der Waals surface area contributed by atoms with Crippen molar-refractivity contribution in [1.82, 2.24) is 4.98 Å². The van der Waals surface area contributed by atoms with Crippen molar-refractivity contribution in [2.45, 2.75) is 6.18 Å². The molecule has 1 aromatic carbocycles. The van der Waals surface area contributed by atoms with E-state index in [1.54, 1.807) is 6.20 Å². The van der Waals surface area contributed by atoms with Gasteiger partial charge in [0.2, 0.25) is 0 Å². The molecule has 5 heteroatoms. The topological polar surface area (TPSA) is 39.6 Å². The molecule has 0 aliphatic heterocycles. The van der Waals surface area contributed by atoms with Crippen LogP contribution in [-0.2, 0) is 6.18 Å². The van der Waals surface area contributed by atoms with E-state index in [-0.39, 0.29) is 0 Å². The average molecular weight is 236 g/mol. The molecule has 0 unspecified atom stereocenters. The molecule has 1 aromatic heterocycles. The van der Waals surface area contributed by atoms with Crippen molar-refractivity contribution in [2.24, 2.45) is 0 Å². The fraction of sp³-hybridized carbons (Fsp3) is 0.0833. The van der Waals surface area contributed by atoms with Crippen LogP contribution in [0.15, 0.2) is 36.7 Å². The van der Waals surface area contributed by atoms with E-state index in [0.717, 1.165) is 12.1 Å². The van der Waals surface area contributed by atoms with E-state index in [4.69, 9.17) is 5.26 Å². The zero-order chi connectivity index (χ0) is 12.5. The van der Waals surface area contributed by atoms with Crippen molar-refractivity contribution in [3.8, 4) is 17.2 Å². The Bertz CT molecular complexity index is 559. The SMILES string of the molecule is N#Cc1c[nH]cc1-c1ccc(C(F)(F)F)cc1. The third-order valence-electron chi connectivity index (χ3n) is 2.39. The molecule has 0 spiro atoms. The maximum Gasteiger partial charge on any atom is 0.416 e. The lowest BCUT2D eigenvalue weighted by Gasteiger charge is -2.07. The van der Waals surface area contributed by atoms with Crippen LogP contribution in [0.4, 0.5) is 13.2 Å². The standard InChI is InChI=1S/C12H7F3N2/c13-12(14,15)10-3-1-8(2-4-10)11-7-17-6-9(11)5-16/h1-4,6-7,17H. The van der Waals surface area contributed by atoms with Crippen LogP contribution in [0.1, 0.15) is 11.1 Å². The number of rotatable bonds is 1. The van der Waals surface area contributed by atoms with Crippen LogP contribution in [-0.4, -0.2) is 4.98 Å². The van der Waals surface area contributed by atoms with E-state index in [0.29, 0.717) is 16.7 Å². The summed E-state index contributed by atoms with van der Waals surface area (Å²) >= 11 is 0. The lowest BCUT2D eigenvalue weighted by molar-refractivity contribution is -0.137. The number of nitrogens with zero attached hydrogens (tertiary/aromatic N) is 1. The highest BCUT2D eigenvalue weighted by Gasteiger charge is 2.30. The fourth-order valence-corrected chi connectivity index (χ4v) is 1.53. The highest BCUT2D eigenvalue weighted by Crippen LogP contribution is 2.31. The number of halogens is 3. The molecule has 0 radical (unpaired) electrons. The van der Waals surface area contributed by atoms with Crippen LogP contribution in [0, 0.1) is 11.3 Å². The molecular weight excluding hydrogens is 229 g/mol. The van der Waals surface area contributed by atoms with Crippen LogP contribution in [0.3, 0.4) is 0 Å². The van der Waals surface area contributed by atoms with Gasteiger partial charge in [-0.15, -0.1) is 0 Å². The summed E-state index contributed by atoms with van der Waals surface area (Å²) in [7, 11) is 0. The number of benzene rings is 1. The van der Waals surface area contributed by atoms with E-state index in [1.807, 2.05) is 6.07 Å². The first-order valence-corrected chi connectivity index (χ1v) is 4.77. The molecule has 0 fully saturated rings. The van der Waals surface area contributed by atoms with Crippen LogP contribution in [0.5, 0.6) is 0 Å². The van der Waals surface area contributed by atoms with Gasteiger partial charge in [0.1, 0.15) is 6.07 Å². The van der Waals surface area contributed by atoms with E-state index in [1.165, 1.54) is 18.3 Å². The number of aromatic nitrogens is 1. The molecule has 0 aliphatic rings. The minimum atomic E-state index is -4.34. The maximum atomic E-state index is 12.3. The van der Waals surface area contributed by atoms with Crippen molar-refractivity contribution in [1.29, 1.82) is 5.26 Å². The van der Waals surface area contributed by atoms with Gasteiger partial charge in [-0.1, -0.05) is 12.1 Å². The monoisotopic (exact) mass is 236 g/mol. The Morgan fingerprint density at radius 2 is 1.71 bits per heavy atom. The summed E-state index contributed by atoms with van der Waals surface area (Å²) in [5, 5.41) is 8.80. The molecule has 0 amide bonds. The molecule has 2 nitrogen and oxygen atoms in total. The van der Waals surface area contributed by atoms with Gasteiger partial charge in [-0.25, -0.2) is 0 Å². The lowest BCUT2D eigenvalue weighted by Crippen LogP contribution is -2.03. The quantitative estimate of drug-likeness (QED) is 0.807. The fourth-order valence-electron chi connectivity index (χ4n) is 1.53. The van der Waals surface area contributed by atoms with Crippen molar-refractivity contribution in [2.75, 3.05) is 0 Å². The first-order chi connectivity index (χ1) is 8.02. The second-order valence-corrected chi connectivity index (χ2v) is 3.47. The molecule has 1 N–H and O–H groups in total. The van der Waals surface area contributed by atoms with Gasteiger partial charge >= 0.3 is 6.18 Å². The van der Waals surface area contributed by atoms with E-state index >= 15 is 0 Å². The number of nitrogens with one attached hydrogen (secondary N) is 1. The van der Waals surface area contributed by atoms with Gasteiger partial charge in [0, 0.05) is 18.0 Å². The summed E-state index contributed by atoms with van der Waals surface area (Å²) in [5.74, 6) is 0. The Hall–Kier alpha value is -2.22. The number of aromatic amines is 1. The van der Waals surface area contributed by atoms with Gasteiger partial charge in [-0.2, -0.15) is 18.4 Å². The molecule has 0 bridgehead atoms. The van der Waals surface area contributed by atoms with Gasteiger partial charge in [-0.05, 0) is 17.7 Å². The molecule has 0 saturated carbocycles. The number of alkyl halides is 3. The normalized spacial score (nSPS) is 11.2. The Morgan fingerprint density at radius 3 is 2.24 bits per heavy atom. The molecule has 0 saturated heterocycles. The van der Waals surface area contributed by atoms with E-state index in [9.17, 15) is 13.2 Å². The zero-order valence-corrected chi connectivity index (χ0v) is 8.55. The summed E-state index contributed by atoms with van der Waals surface area (Å²) in [4.78, 5) is 2.75. The minimum Gasteiger partial charge on any atom is -0.366 e. The first kappa shape index (κ1) is 11.3. The smallest absolute Gasteiger partial charge is 0.366 e. The van der Waals surface area contributed by atoms with Gasteiger partial charge in [0.05, 0.1) is 11.1 Å². The first-order valence-electron chi connectivity index (χ1n) is 4.77. The molecule has 86 valence electrons. The van der Waals surface area contributed by atoms with Gasteiger partial charge in [0.25, 0.3) is 0 Å². The highest BCUT2D eigenvalue weighted by molar-refractivity contribution is 5.70. The van der Waals surface area contributed by atoms with Crippen LogP contribution >= 0.6 is 0 Å².